The lowest BCUT2D eigenvalue weighted by Crippen LogP contribution is -2.38. The summed E-state index contributed by atoms with van der Waals surface area (Å²) in [6.45, 7) is 8.82. The number of nitrogens with one attached hydrogen (secondary N) is 1. The van der Waals surface area contributed by atoms with Gasteiger partial charge in [0.1, 0.15) is 5.56 Å². The number of hydrogen-bond donors (Lipinski definition) is 1. The molecule has 0 spiro atoms. The van der Waals surface area contributed by atoms with Gasteiger partial charge in [0.25, 0.3) is 5.91 Å². The summed E-state index contributed by atoms with van der Waals surface area (Å²) < 4.78 is 29.7. The molecule has 1 amide bonds. The van der Waals surface area contributed by atoms with Gasteiger partial charge in [-0.2, -0.15) is 0 Å². The van der Waals surface area contributed by atoms with Crippen LogP contribution in [-0.4, -0.2) is 41.6 Å². The first kappa shape index (κ1) is 25.1. The molecule has 1 aromatic heterocycles. The van der Waals surface area contributed by atoms with Crippen molar-refractivity contribution >= 4 is 17.7 Å². The van der Waals surface area contributed by atoms with Crippen LogP contribution in [0.2, 0.25) is 0 Å². The molecule has 1 atom stereocenters. The second-order valence-corrected chi connectivity index (χ2v) is 9.79. The highest BCUT2D eigenvalue weighted by atomic mass is 32.2. The zero-order valence-electron chi connectivity index (χ0n) is 20.1. The molecular weight excluding hydrogens is 468 g/mol. The highest BCUT2D eigenvalue weighted by molar-refractivity contribution is 7.99. The fraction of sp³-hybridized carbons (Fsp3) is 0.333. The number of rotatable bonds is 7. The lowest BCUT2D eigenvalue weighted by atomic mass is 10.0. The van der Waals surface area contributed by atoms with Gasteiger partial charge in [0.2, 0.25) is 0 Å². The molecule has 1 N–H and O–H groups in total. The summed E-state index contributed by atoms with van der Waals surface area (Å²) >= 11 is 1.51. The Hall–Kier alpha value is -2.97. The summed E-state index contributed by atoms with van der Waals surface area (Å²) in [5.74, 6) is -2.25. The van der Waals surface area contributed by atoms with E-state index < -0.39 is 17.5 Å². The van der Waals surface area contributed by atoms with Crippen LogP contribution in [0.25, 0.3) is 5.69 Å². The first-order chi connectivity index (χ1) is 16.8. The summed E-state index contributed by atoms with van der Waals surface area (Å²) in [6.07, 6.45) is 0.306. The van der Waals surface area contributed by atoms with Crippen LogP contribution in [0.4, 0.5) is 8.78 Å². The van der Waals surface area contributed by atoms with Gasteiger partial charge in [0.05, 0.1) is 5.69 Å². The Bertz CT molecular complexity index is 1300. The van der Waals surface area contributed by atoms with Crippen LogP contribution in [-0.2, 0) is 6.42 Å². The molecule has 1 aliphatic rings. The maximum atomic E-state index is 14.1. The van der Waals surface area contributed by atoms with E-state index in [4.69, 9.17) is 0 Å². The van der Waals surface area contributed by atoms with E-state index in [0.29, 0.717) is 36.5 Å². The van der Waals surface area contributed by atoms with E-state index in [9.17, 15) is 18.4 Å². The standard InChI is InChI=1S/C27H29F2N3O2S/c1-4-31(5-2)13-12-30-27(34)26-22-16-25(18-10-11-19(28)20(29)15-18)35-24-9-7-6-8-21(24)32(22)17(3)14-23(26)33/h6-11,14-15,25H,4-5,12-13,16H2,1-3H3,(H,30,34)/t25-/m0/s1. The van der Waals surface area contributed by atoms with Crippen molar-refractivity contribution in [3.05, 3.63) is 92.9 Å². The number of pyridine rings is 1. The van der Waals surface area contributed by atoms with Gasteiger partial charge in [0, 0.05) is 47.1 Å². The van der Waals surface area contributed by atoms with Gasteiger partial charge in [-0.15, -0.1) is 11.8 Å². The Morgan fingerprint density at radius 1 is 1.11 bits per heavy atom. The van der Waals surface area contributed by atoms with Gasteiger partial charge in [-0.25, -0.2) is 8.78 Å². The third kappa shape index (κ3) is 5.18. The summed E-state index contributed by atoms with van der Waals surface area (Å²) in [4.78, 5) is 29.6. The molecule has 8 heteroatoms. The number of carbonyl (C=O) groups excluding carboxylic acids is 1. The number of aromatic nitrogens is 1. The molecule has 2 heterocycles. The first-order valence-electron chi connectivity index (χ1n) is 11.8. The number of amides is 1. The van der Waals surface area contributed by atoms with Crippen molar-refractivity contribution in [3.63, 3.8) is 0 Å². The van der Waals surface area contributed by atoms with Crippen molar-refractivity contribution < 1.29 is 13.6 Å². The summed E-state index contributed by atoms with van der Waals surface area (Å²) in [5.41, 5.74) is 2.49. The largest absolute Gasteiger partial charge is 0.351 e. The molecule has 0 radical (unpaired) electrons. The van der Waals surface area contributed by atoms with Gasteiger partial charge < -0.3 is 14.8 Å². The summed E-state index contributed by atoms with van der Waals surface area (Å²) in [6, 6.07) is 13.1. The Kier molecular flexibility index (Phi) is 7.72. The molecule has 35 heavy (non-hydrogen) atoms. The zero-order valence-corrected chi connectivity index (χ0v) is 20.9. The monoisotopic (exact) mass is 497 g/mol. The number of fused-ring (bicyclic) bond motifs is 3. The highest BCUT2D eigenvalue weighted by Crippen LogP contribution is 2.44. The fourth-order valence-corrected chi connectivity index (χ4v) is 5.80. The van der Waals surface area contributed by atoms with E-state index in [-0.39, 0.29) is 16.2 Å². The molecule has 5 nitrogen and oxygen atoms in total. The maximum absolute atomic E-state index is 14.1. The normalized spacial score (nSPS) is 14.9. The minimum atomic E-state index is -0.920. The zero-order chi connectivity index (χ0) is 25.1. The maximum Gasteiger partial charge on any atom is 0.257 e. The molecule has 2 aromatic carbocycles. The smallest absolute Gasteiger partial charge is 0.257 e. The van der Waals surface area contributed by atoms with Gasteiger partial charge in [0.15, 0.2) is 17.1 Å². The lowest BCUT2D eigenvalue weighted by molar-refractivity contribution is 0.0946. The number of para-hydroxylation sites is 1. The molecule has 184 valence electrons. The number of likely N-dealkylation sites (N-methyl/N-ethyl adjacent to an activating group) is 1. The predicted molar refractivity (Wildman–Crippen MR) is 136 cm³/mol. The van der Waals surface area contributed by atoms with E-state index in [2.05, 4.69) is 24.1 Å². The van der Waals surface area contributed by atoms with Crippen molar-refractivity contribution in [1.82, 2.24) is 14.8 Å². The Labute approximate surface area is 208 Å². The van der Waals surface area contributed by atoms with Crippen LogP contribution in [0.15, 0.2) is 58.2 Å². The Balaban J connectivity index is 1.81. The quantitative estimate of drug-likeness (QED) is 0.505. The average molecular weight is 498 g/mol. The highest BCUT2D eigenvalue weighted by Gasteiger charge is 2.29. The molecule has 0 unspecified atom stereocenters. The topological polar surface area (TPSA) is 54.3 Å². The summed E-state index contributed by atoms with van der Waals surface area (Å²) in [5, 5.41) is 2.60. The predicted octanol–water partition coefficient (Wildman–Crippen LogP) is 4.89. The molecule has 0 aliphatic carbocycles. The Morgan fingerprint density at radius 2 is 1.86 bits per heavy atom. The second kappa shape index (κ2) is 10.7. The number of aryl methyl sites for hydroxylation is 1. The number of nitrogens with zero attached hydrogens (tertiary/aromatic N) is 2. The van der Waals surface area contributed by atoms with Crippen LogP contribution < -0.4 is 10.7 Å². The van der Waals surface area contributed by atoms with Crippen LogP contribution in [0, 0.1) is 18.6 Å². The molecule has 0 saturated carbocycles. The number of hydrogen-bond acceptors (Lipinski definition) is 4. The molecule has 4 rings (SSSR count). The van der Waals surface area contributed by atoms with Crippen molar-refractivity contribution in [2.45, 2.75) is 37.3 Å². The van der Waals surface area contributed by atoms with Crippen LogP contribution in [0.3, 0.4) is 0 Å². The fourth-order valence-electron chi connectivity index (χ4n) is 4.53. The molecule has 3 aromatic rings. The van der Waals surface area contributed by atoms with Gasteiger partial charge >= 0.3 is 0 Å². The van der Waals surface area contributed by atoms with Crippen LogP contribution in [0.1, 0.15) is 46.4 Å². The molecule has 0 saturated heterocycles. The van der Waals surface area contributed by atoms with E-state index >= 15 is 0 Å². The molecular formula is C27H29F2N3O2S. The van der Waals surface area contributed by atoms with Crippen LogP contribution in [0.5, 0.6) is 0 Å². The van der Waals surface area contributed by atoms with E-state index in [1.807, 2.05) is 35.8 Å². The van der Waals surface area contributed by atoms with Gasteiger partial charge in [-0.05, 0) is 49.8 Å². The van der Waals surface area contributed by atoms with E-state index in [0.717, 1.165) is 29.7 Å². The average Bonchev–Trinajstić information content (AvgIpc) is 3.01. The first-order valence-corrected chi connectivity index (χ1v) is 12.7. The number of halogens is 2. The van der Waals surface area contributed by atoms with Gasteiger partial charge in [-0.1, -0.05) is 32.0 Å². The van der Waals surface area contributed by atoms with Crippen molar-refractivity contribution in [2.24, 2.45) is 0 Å². The van der Waals surface area contributed by atoms with E-state index in [1.54, 1.807) is 6.07 Å². The number of carbonyl (C=O) groups is 1. The molecule has 0 fully saturated rings. The second-order valence-electron chi connectivity index (χ2n) is 8.54. The third-order valence-corrected chi connectivity index (χ3v) is 7.72. The van der Waals surface area contributed by atoms with Crippen molar-refractivity contribution in [1.29, 1.82) is 0 Å². The van der Waals surface area contributed by atoms with Crippen molar-refractivity contribution in [3.8, 4) is 5.69 Å². The number of thioether (sulfide) groups is 1. The van der Waals surface area contributed by atoms with Gasteiger partial charge in [-0.3, -0.25) is 9.59 Å². The third-order valence-electron chi connectivity index (χ3n) is 6.40. The lowest BCUT2D eigenvalue weighted by Gasteiger charge is -2.21. The van der Waals surface area contributed by atoms with E-state index in [1.165, 1.54) is 23.9 Å². The Morgan fingerprint density at radius 3 is 2.57 bits per heavy atom. The molecule has 0 bridgehead atoms. The van der Waals surface area contributed by atoms with Crippen molar-refractivity contribution in [2.75, 3.05) is 26.2 Å². The van der Waals surface area contributed by atoms with Crippen LogP contribution >= 0.6 is 11.8 Å². The number of benzene rings is 2. The summed E-state index contributed by atoms with van der Waals surface area (Å²) in [7, 11) is 0. The SMILES string of the molecule is CCN(CC)CCNC(=O)c1c2n(c(C)cc1=O)-c1ccccc1S[C@H](c1ccc(F)c(F)c1)C2. The minimum Gasteiger partial charge on any atom is -0.351 e. The molecule has 1 aliphatic heterocycles. The minimum absolute atomic E-state index is 0.0973.